The highest BCUT2D eigenvalue weighted by Gasteiger charge is 2.09. The molecule has 0 spiro atoms. The van der Waals surface area contributed by atoms with Crippen molar-refractivity contribution in [3.05, 3.63) is 24.0 Å². The van der Waals surface area contributed by atoms with Crippen molar-refractivity contribution in [1.82, 2.24) is 10.3 Å². The van der Waals surface area contributed by atoms with Crippen LogP contribution in [0.25, 0.3) is 0 Å². The number of pyridine rings is 1. The van der Waals surface area contributed by atoms with Gasteiger partial charge in [-0.25, -0.2) is 0 Å². The van der Waals surface area contributed by atoms with Crippen LogP contribution in [0, 0.1) is 0 Å². The van der Waals surface area contributed by atoms with Gasteiger partial charge in [-0.05, 0) is 25.0 Å². The highest BCUT2D eigenvalue weighted by atomic mass is 16.3. The third-order valence-electron chi connectivity index (χ3n) is 2.89. The van der Waals surface area contributed by atoms with E-state index in [-0.39, 0.29) is 5.91 Å². The number of nitrogens with one attached hydrogen (secondary N) is 1. The first-order valence-electron chi connectivity index (χ1n) is 6.70. The van der Waals surface area contributed by atoms with Crippen molar-refractivity contribution >= 4 is 11.6 Å². The lowest BCUT2D eigenvalue weighted by Crippen LogP contribution is -2.35. The lowest BCUT2D eigenvalue weighted by Gasteiger charge is -2.19. The van der Waals surface area contributed by atoms with Crippen LogP contribution >= 0.6 is 0 Å². The molecule has 1 aromatic rings. The molecule has 0 unspecified atom stereocenters. The minimum Gasteiger partial charge on any atom is -0.387 e. The van der Waals surface area contributed by atoms with Gasteiger partial charge in [-0.1, -0.05) is 13.8 Å². The second kappa shape index (κ2) is 7.74. The molecule has 106 valence electrons. The predicted octanol–water partition coefficient (Wildman–Crippen LogP) is 1.49. The number of aromatic nitrogens is 1. The maximum atomic E-state index is 11.6. The number of aliphatic hydroxyl groups excluding tert-OH is 1. The SMILES string of the molecule is CCCNC(=O)CN(C)c1ccc([C@H](O)CC)nc1. The van der Waals surface area contributed by atoms with Crippen LogP contribution in [0.15, 0.2) is 18.3 Å². The molecule has 5 nitrogen and oxygen atoms in total. The Kier molecular flexibility index (Phi) is 6.29. The summed E-state index contributed by atoms with van der Waals surface area (Å²) in [6, 6.07) is 3.66. The highest BCUT2D eigenvalue weighted by Crippen LogP contribution is 2.17. The quantitative estimate of drug-likeness (QED) is 0.784. The van der Waals surface area contributed by atoms with E-state index in [4.69, 9.17) is 0 Å². The Balaban J connectivity index is 2.57. The maximum absolute atomic E-state index is 11.6. The van der Waals surface area contributed by atoms with E-state index in [0.29, 0.717) is 25.2 Å². The topological polar surface area (TPSA) is 65.5 Å². The molecule has 0 aliphatic rings. The molecule has 0 aliphatic carbocycles. The molecule has 0 fully saturated rings. The zero-order chi connectivity index (χ0) is 14.3. The van der Waals surface area contributed by atoms with Crippen LogP contribution in [0.2, 0.25) is 0 Å². The van der Waals surface area contributed by atoms with Crippen molar-refractivity contribution in [1.29, 1.82) is 0 Å². The first kappa shape index (κ1) is 15.4. The summed E-state index contributed by atoms with van der Waals surface area (Å²) in [5, 5.41) is 12.5. The fourth-order valence-electron chi connectivity index (χ4n) is 1.66. The Hall–Kier alpha value is -1.62. The van der Waals surface area contributed by atoms with Crippen LogP contribution in [0.5, 0.6) is 0 Å². The third kappa shape index (κ3) is 4.87. The molecule has 1 aromatic heterocycles. The van der Waals surface area contributed by atoms with Crippen LogP contribution in [-0.4, -0.2) is 36.1 Å². The van der Waals surface area contributed by atoms with E-state index in [1.165, 1.54) is 0 Å². The number of carbonyl (C=O) groups is 1. The predicted molar refractivity (Wildman–Crippen MR) is 76.1 cm³/mol. The fourth-order valence-corrected chi connectivity index (χ4v) is 1.66. The zero-order valence-corrected chi connectivity index (χ0v) is 11.9. The normalized spacial score (nSPS) is 12.0. The summed E-state index contributed by atoms with van der Waals surface area (Å²) in [5.74, 6) is 0.00187. The van der Waals surface area contributed by atoms with Gasteiger partial charge in [-0.15, -0.1) is 0 Å². The number of hydrogen-bond donors (Lipinski definition) is 2. The summed E-state index contributed by atoms with van der Waals surface area (Å²) in [6.07, 6.45) is 2.73. The Labute approximate surface area is 114 Å². The molecule has 1 heterocycles. The van der Waals surface area contributed by atoms with Gasteiger partial charge in [0.25, 0.3) is 0 Å². The van der Waals surface area contributed by atoms with Crippen LogP contribution in [0.4, 0.5) is 5.69 Å². The van der Waals surface area contributed by atoms with E-state index in [2.05, 4.69) is 10.3 Å². The molecule has 0 radical (unpaired) electrons. The second-order valence-corrected chi connectivity index (χ2v) is 4.57. The van der Waals surface area contributed by atoms with Crippen LogP contribution < -0.4 is 10.2 Å². The van der Waals surface area contributed by atoms with E-state index < -0.39 is 6.10 Å². The van der Waals surface area contributed by atoms with Gasteiger partial charge in [0, 0.05) is 13.6 Å². The molecular formula is C14H23N3O2. The molecule has 1 amide bonds. The minimum atomic E-state index is -0.521. The molecule has 0 aliphatic heterocycles. The van der Waals surface area contributed by atoms with Gasteiger partial charge >= 0.3 is 0 Å². The van der Waals surface area contributed by atoms with Gasteiger partial charge in [-0.3, -0.25) is 9.78 Å². The summed E-state index contributed by atoms with van der Waals surface area (Å²) < 4.78 is 0. The van der Waals surface area contributed by atoms with Gasteiger partial charge in [0.15, 0.2) is 0 Å². The van der Waals surface area contributed by atoms with Crippen molar-refractivity contribution < 1.29 is 9.90 Å². The van der Waals surface area contributed by atoms with Crippen LogP contribution in [-0.2, 0) is 4.79 Å². The minimum absolute atomic E-state index is 0.00187. The fraction of sp³-hybridized carbons (Fsp3) is 0.571. The number of carbonyl (C=O) groups excluding carboxylic acids is 1. The van der Waals surface area contributed by atoms with Gasteiger partial charge < -0.3 is 15.3 Å². The average Bonchev–Trinajstić information content (AvgIpc) is 2.44. The molecule has 0 aromatic carbocycles. The molecule has 0 bridgehead atoms. The number of nitrogens with zero attached hydrogens (tertiary/aromatic N) is 2. The number of anilines is 1. The summed E-state index contributed by atoms with van der Waals surface area (Å²) in [7, 11) is 1.85. The van der Waals surface area contributed by atoms with Crippen molar-refractivity contribution in [3.8, 4) is 0 Å². The lowest BCUT2D eigenvalue weighted by atomic mass is 10.2. The first-order chi connectivity index (χ1) is 9.08. The Morgan fingerprint density at radius 3 is 2.74 bits per heavy atom. The van der Waals surface area contributed by atoms with E-state index in [1.807, 2.05) is 31.9 Å². The summed E-state index contributed by atoms with van der Waals surface area (Å²) in [5.41, 5.74) is 1.52. The number of amides is 1. The maximum Gasteiger partial charge on any atom is 0.239 e. The molecule has 19 heavy (non-hydrogen) atoms. The molecular weight excluding hydrogens is 242 g/mol. The molecule has 1 atom stereocenters. The van der Waals surface area contributed by atoms with Crippen molar-refractivity contribution in [3.63, 3.8) is 0 Å². The molecule has 1 rings (SSSR count). The smallest absolute Gasteiger partial charge is 0.239 e. The number of rotatable bonds is 7. The standard InChI is InChI=1S/C14H23N3O2/c1-4-8-15-14(19)10-17(3)11-6-7-12(16-9-11)13(18)5-2/h6-7,9,13,18H,4-5,8,10H2,1-3H3,(H,15,19)/t13-/m1/s1. The number of likely N-dealkylation sites (N-methyl/N-ethyl adjacent to an activating group) is 1. The monoisotopic (exact) mass is 265 g/mol. The van der Waals surface area contributed by atoms with E-state index in [0.717, 1.165) is 12.1 Å². The van der Waals surface area contributed by atoms with Gasteiger partial charge in [0.1, 0.15) is 0 Å². The molecule has 5 heteroatoms. The number of aliphatic hydroxyl groups is 1. The highest BCUT2D eigenvalue weighted by molar-refractivity contribution is 5.81. The molecule has 0 saturated carbocycles. The third-order valence-corrected chi connectivity index (χ3v) is 2.89. The van der Waals surface area contributed by atoms with Gasteiger partial charge in [0.2, 0.25) is 5.91 Å². The molecule has 0 saturated heterocycles. The van der Waals surface area contributed by atoms with Crippen molar-refractivity contribution in [2.75, 3.05) is 25.0 Å². The van der Waals surface area contributed by atoms with E-state index >= 15 is 0 Å². The summed E-state index contributed by atoms with van der Waals surface area (Å²) in [6.45, 7) is 4.93. The Morgan fingerprint density at radius 2 is 2.21 bits per heavy atom. The number of hydrogen-bond acceptors (Lipinski definition) is 4. The molecule has 2 N–H and O–H groups in total. The summed E-state index contributed by atoms with van der Waals surface area (Å²) >= 11 is 0. The summed E-state index contributed by atoms with van der Waals surface area (Å²) in [4.78, 5) is 17.6. The Morgan fingerprint density at radius 1 is 1.47 bits per heavy atom. The van der Waals surface area contributed by atoms with Gasteiger partial charge in [0.05, 0.1) is 30.2 Å². The van der Waals surface area contributed by atoms with Gasteiger partial charge in [-0.2, -0.15) is 0 Å². The van der Waals surface area contributed by atoms with Crippen molar-refractivity contribution in [2.24, 2.45) is 0 Å². The van der Waals surface area contributed by atoms with Crippen molar-refractivity contribution in [2.45, 2.75) is 32.8 Å². The lowest BCUT2D eigenvalue weighted by molar-refractivity contribution is -0.119. The average molecular weight is 265 g/mol. The Bertz CT molecular complexity index is 392. The van der Waals surface area contributed by atoms with E-state index in [1.54, 1.807) is 12.3 Å². The zero-order valence-electron chi connectivity index (χ0n) is 11.9. The van der Waals surface area contributed by atoms with E-state index in [9.17, 15) is 9.90 Å². The second-order valence-electron chi connectivity index (χ2n) is 4.57. The largest absolute Gasteiger partial charge is 0.387 e. The first-order valence-corrected chi connectivity index (χ1v) is 6.70. The van der Waals surface area contributed by atoms with Crippen LogP contribution in [0.3, 0.4) is 0 Å². The van der Waals surface area contributed by atoms with Crippen LogP contribution in [0.1, 0.15) is 38.5 Å².